The van der Waals surface area contributed by atoms with E-state index in [9.17, 15) is 8.78 Å². The summed E-state index contributed by atoms with van der Waals surface area (Å²) in [5.74, 6) is 1.20. The van der Waals surface area contributed by atoms with E-state index in [0.717, 1.165) is 0 Å². The highest BCUT2D eigenvalue weighted by Crippen LogP contribution is 2.35. The molecule has 2 rings (SSSR count). The average molecular weight is 354 g/mol. The molecular formula is C20H31F2OSi. The van der Waals surface area contributed by atoms with Crippen LogP contribution >= 0.6 is 0 Å². The molecule has 135 valence electrons. The van der Waals surface area contributed by atoms with Crippen LogP contribution in [0.25, 0.3) is 0 Å². The summed E-state index contributed by atoms with van der Waals surface area (Å²) in [6, 6.07) is 12.2. The van der Waals surface area contributed by atoms with Crippen LogP contribution in [0.1, 0.15) is 63.4 Å². The molecule has 24 heavy (non-hydrogen) atoms. The Bertz CT molecular complexity index is 441. The van der Waals surface area contributed by atoms with Crippen LogP contribution in [0.5, 0.6) is 5.75 Å². The number of hydrogen-bond acceptors (Lipinski definition) is 1. The Kier molecular flexibility index (Phi) is 8.79. The minimum absolute atomic E-state index is 0.109. The molecule has 0 spiro atoms. The van der Waals surface area contributed by atoms with Crippen molar-refractivity contribution in [3.8, 4) is 5.75 Å². The van der Waals surface area contributed by atoms with Crippen LogP contribution in [0, 0.1) is 0 Å². The highest BCUT2D eigenvalue weighted by molar-refractivity contribution is 6.59. The van der Waals surface area contributed by atoms with Crippen molar-refractivity contribution in [2.24, 2.45) is 0 Å². The molecule has 1 aliphatic rings. The number of alkyl halides is 2. The van der Waals surface area contributed by atoms with Gasteiger partial charge >= 0.3 is 0 Å². The highest BCUT2D eigenvalue weighted by Gasteiger charge is 2.23. The van der Waals surface area contributed by atoms with E-state index in [2.05, 4.69) is 19.1 Å². The minimum Gasteiger partial charge on any atom is -0.488 e. The second kappa shape index (κ2) is 10.9. The number of rotatable bonds is 10. The maximum atomic E-state index is 12.2. The van der Waals surface area contributed by atoms with E-state index in [1.165, 1.54) is 68.6 Å². The second-order valence-electron chi connectivity index (χ2n) is 6.96. The number of benzene rings is 1. The molecule has 1 saturated heterocycles. The maximum Gasteiger partial charge on any atom is 0.272 e. The molecule has 0 atom stereocenters. The lowest BCUT2D eigenvalue weighted by Crippen LogP contribution is -2.20. The van der Waals surface area contributed by atoms with Crippen molar-refractivity contribution in [3.63, 3.8) is 0 Å². The van der Waals surface area contributed by atoms with Gasteiger partial charge in [-0.1, -0.05) is 69.3 Å². The van der Waals surface area contributed by atoms with Crippen LogP contribution in [0.4, 0.5) is 8.78 Å². The summed E-state index contributed by atoms with van der Waals surface area (Å²) in [5.41, 5.74) is 1.35. The van der Waals surface area contributed by atoms with Gasteiger partial charge in [0.1, 0.15) is 12.4 Å². The van der Waals surface area contributed by atoms with Crippen molar-refractivity contribution in [2.75, 3.05) is 6.61 Å². The van der Waals surface area contributed by atoms with E-state index in [0.29, 0.717) is 11.7 Å². The number of hydrogen-bond donors (Lipinski definition) is 0. The first-order chi connectivity index (χ1) is 11.7. The van der Waals surface area contributed by atoms with E-state index in [-0.39, 0.29) is 8.80 Å². The maximum absolute atomic E-state index is 12.2. The lowest BCUT2D eigenvalue weighted by Gasteiger charge is -2.28. The molecule has 1 radical (unpaired) electrons. The molecule has 0 N–H and O–H groups in total. The van der Waals surface area contributed by atoms with Crippen molar-refractivity contribution >= 4 is 8.80 Å². The van der Waals surface area contributed by atoms with Crippen LogP contribution in [0.3, 0.4) is 0 Å². The van der Waals surface area contributed by atoms with Crippen LogP contribution in [0.2, 0.25) is 18.1 Å². The molecular weight excluding hydrogens is 322 g/mol. The van der Waals surface area contributed by atoms with Crippen LogP contribution in [0.15, 0.2) is 24.3 Å². The topological polar surface area (TPSA) is 9.23 Å². The Morgan fingerprint density at radius 3 is 2.33 bits per heavy atom. The third-order valence-corrected chi connectivity index (χ3v) is 8.11. The Hall–Kier alpha value is -0.903. The summed E-state index contributed by atoms with van der Waals surface area (Å²) >= 11 is 0. The zero-order valence-corrected chi connectivity index (χ0v) is 15.9. The Morgan fingerprint density at radius 1 is 1.04 bits per heavy atom. The smallest absolute Gasteiger partial charge is 0.272 e. The monoisotopic (exact) mass is 353 g/mol. The summed E-state index contributed by atoms with van der Waals surface area (Å²) in [7, 11) is -0.109. The highest BCUT2D eigenvalue weighted by atomic mass is 28.3. The molecule has 0 saturated carbocycles. The molecule has 0 aliphatic carbocycles. The van der Waals surface area contributed by atoms with Gasteiger partial charge in [-0.2, -0.15) is 0 Å². The summed E-state index contributed by atoms with van der Waals surface area (Å²) in [6.07, 6.45) is 7.19. The zero-order chi connectivity index (χ0) is 17.2. The summed E-state index contributed by atoms with van der Waals surface area (Å²) < 4.78 is 29.4. The predicted molar refractivity (Wildman–Crippen MR) is 98.9 cm³/mol. The van der Waals surface area contributed by atoms with Gasteiger partial charge < -0.3 is 4.74 Å². The molecule has 0 amide bonds. The molecule has 0 bridgehead atoms. The molecule has 1 aromatic carbocycles. The number of halogens is 2. The van der Waals surface area contributed by atoms with Gasteiger partial charge in [0, 0.05) is 8.80 Å². The lowest BCUT2D eigenvalue weighted by atomic mass is 9.93. The molecule has 0 unspecified atom stereocenters. The van der Waals surface area contributed by atoms with Gasteiger partial charge in [0.15, 0.2) is 0 Å². The second-order valence-corrected chi connectivity index (χ2v) is 9.96. The predicted octanol–water partition coefficient (Wildman–Crippen LogP) is 6.67. The normalized spacial score (nSPS) is 16.7. The van der Waals surface area contributed by atoms with Crippen LogP contribution < -0.4 is 4.74 Å². The first-order valence-electron chi connectivity index (χ1n) is 9.53. The standard InChI is InChI=1S/C20H31F2OSi/c1-2-3-4-5-6-13-24-14-11-18(12-15-24)17-7-9-19(10-8-17)23-16-20(21)22/h7-10,18,20H,2-6,11-16H2,1H3. The number of unbranched alkanes of at least 4 members (excludes halogenated alkanes) is 4. The Labute approximate surface area is 147 Å². The van der Waals surface area contributed by atoms with E-state index < -0.39 is 13.0 Å². The van der Waals surface area contributed by atoms with Gasteiger partial charge in [-0.3, -0.25) is 0 Å². The van der Waals surface area contributed by atoms with Gasteiger partial charge in [0.25, 0.3) is 6.43 Å². The minimum atomic E-state index is -2.41. The molecule has 1 nitrogen and oxygen atoms in total. The van der Waals surface area contributed by atoms with E-state index >= 15 is 0 Å². The Morgan fingerprint density at radius 2 is 1.71 bits per heavy atom. The quantitative estimate of drug-likeness (QED) is 0.337. The molecule has 1 heterocycles. The van der Waals surface area contributed by atoms with Crippen LogP contribution in [-0.2, 0) is 0 Å². The van der Waals surface area contributed by atoms with Gasteiger partial charge in [-0.05, 0) is 36.5 Å². The average Bonchev–Trinajstić information content (AvgIpc) is 2.61. The Balaban J connectivity index is 1.68. The molecule has 1 aromatic rings. The van der Waals surface area contributed by atoms with E-state index in [1.807, 2.05) is 12.1 Å². The van der Waals surface area contributed by atoms with Crippen LogP contribution in [-0.4, -0.2) is 21.8 Å². The van der Waals surface area contributed by atoms with Crippen molar-refractivity contribution in [3.05, 3.63) is 29.8 Å². The molecule has 4 heteroatoms. The van der Waals surface area contributed by atoms with Gasteiger partial charge in [0.2, 0.25) is 0 Å². The number of ether oxygens (including phenoxy) is 1. The first-order valence-corrected chi connectivity index (χ1v) is 11.7. The first kappa shape index (κ1) is 19.4. The third-order valence-electron chi connectivity index (χ3n) is 5.05. The van der Waals surface area contributed by atoms with Crippen molar-refractivity contribution in [2.45, 2.75) is 82.3 Å². The van der Waals surface area contributed by atoms with Crippen molar-refractivity contribution < 1.29 is 13.5 Å². The summed E-state index contributed by atoms with van der Waals surface area (Å²) in [4.78, 5) is 0. The fourth-order valence-electron chi connectivity index (χ4n) is 3.58. The molecule has 0 aromatic heterocycles. The lowest BCUT2D eigenvalue weighted by molar-refractivity contribution is 0.0819. The summed E-state index contributed by atoms with van der Waals surface area (Å²) in [5, 5.41) is 0. The molecule has 1 fully saturated rings. The summed E-state index contributed by atoms with van der Waals surface area (Å²) in [6.45, 7) is 1.75. The van der Waals surface area contributed by atoms with E-state index in [4.69, 9.17) is 4.74 Å². The fourth-order valence-corrected chi connectivity index (χ4v) is 6.60. The van der Waals surface area contributed by atoms with Gasteiger partial charge in [0.05, 0.1) is 0 Å². The zero-order valence-electron chi connectivity index (χ0n) is 14.9. The fraction of sp³-hybridized carbons (Fsp3) is 0.700. The SMILES string of the molecule is CCCCCCC[Si]1CCC(c2ccc(OCC(F)F)cc2)CC1. The van der Waals surface area contributed by atoms with Crippen molar-refractivity contribution in [1.29, 1.82) is 0 Å². The third kappa shape index (κ3) is 6.92. The van der Waals surface area contributed by atoms with Gasteiger partial charge in [-0.25, -0.2) is 8.78 Å². The molecule has 1 aliphatic heterocycles. The van der Waals surface area contributed by atoms with Crippen molar-refractivity contribution in [1.82, 2.24) is 0 Å². The van der Waals surface area contributed by atoms with Gasteiger partial charge in [-0.15, -0.1) is 0 Å². The largest absolute Gasteiger partial charge is 0.488 e. The van der Waals surface area contributed by atoms with E-state index in [1.54, 1.807) is 0 Å².